The van der Waals surface area contributed by atoms with Crippen LogP contribution in [0.15, 0.2) is 61.4 Å². The van der Waals surface area contributed by atoms with E-state index >= 15 is 0 Å². The van der Waals surface area contributed by atoms with Gasteiger partial charge in [0.15, 0.2) is 5.88 Å². The van der Waals surface area contributed by atoms with E-state index in [0.29, 0.717) is 12.0 Å². The zero-order valence-corrected chi connectivity index (χ0v) is 22.5. The Hall–Kier alpha value is -3.72. The van der Waals surface area contributed by atoms with Gasteiger partial charge in [0.1, 0.15) is 6.07 Å². The molecule has 2 aliphatic carbocycles. The first-order chi connectivity index (χ1) is 17.9. The summed E-state index contributed by atoms with van der Waals surface area (Å²) in [6.07, 6.45) is 17.1. The van der Waals surface area contributed by atoms with Crippen molar-refractivity contribution >= 4 is 16.5 Å². The van der Waals surface area contributed by atoms with Crippen LogP contribution in [0.5, 0.6) is 0 Å². The third-order valence-corrected chi connectivity index (χ3v) is 7.42. The highest BCUT2D eigenvalue weighted by Gasteiger charge is 2.25. The first kappa shape index (κ1) is 26.3. The second-order valence-electron chi connectivity index (χ2n) is 10.1. The number of rotatable bonds is 8. The van der Waals surface area contributed by atoms with E-state index in [9.17, 15) is 10.4 Å². The summed E-state index contributed by atoms with van der Waals surface area (Å²) in [4.78, 5) is 4.51. The van der Waals surface area contributed by atoms with Crippen LogP contribution in [0.1, 0.15) is 76.6 Å². The molecule has 1 saturated carbocycles. The van der Waals surface area contributed by atoms with Crippen molar-refractivity contribution in [3.05, 3.63) is 72.7 Å². The molecule has 37 heavy (non-hydrogen) atoms. The van der Waals surface area contributed by atoms with E-state index < -0.39 is 0 Å². The van der Waals surface area contributed by atoms with Gasteiger partial charge < -0.3 is 19.6 Å². The van der Waals surface area contributed by atoms with E-state index in [1.54, 1.807) is 6.33 Å². The van der Waals surface area contributed by atoms with Gasteiger partial charge in [0.05, 0.1) is 34.8 Å². The second kappa shape index (κ2) is 11.6. The SMILES string of the molecule is C=C(O)NC1C=CC(c2c(C#N)c3ccc(-c4cn(C)cn4)cc3n2C(CC)CC)=CC1.CCC1CC1. The molecule has 3 aromatic rings. The van der Waals surface area contributed by atoms with Gasteiger partial charge in [-0.1, -0.05) is 70.4 Å². The van der Waals surface area contributed by atoms with Gasteiger partial charge in [0.25, 0.3) is 0 Å². The molecule has 5 rings (SSSR count). The fourth-order valence-electron chi connectivity index (χ4n) is 5.10. The van der Waals surface area contributed by atoms with E-state index in [1.807, 2.05) is 42.1 Å². The van der Waals surface area contributed by atoms with Crippen molar-refractivity contribution in [1.29, 1.82) is 5.26 Å². The smallest absolute Gasteiger partial charge is 0.177 e. The van der Waals surface area contributed by atoms with E-state index in [4.69, 9.17) is 0 Å². The lowest BCUT2D eigenvalue weighted by molar-refractivity contribution is 0.355. The first-order valence-electron chi connectivity index (χ1n) is 13.5. The summed E-state index contributed by atoms with van der Waals surface area (Å²) in [5.41, 5.74) is 5.72. The lowest BCUT2D eigenvalue weighted by Crippen LogP contribution is -2.26. The van der Waals surface area contributed by atoms with Crippen LogP contribution in [-0.4, -0.2) is 25.3 Å². The van der Waals surface area contributed by atoms with Gasteiger partial charge >= 0.3 is 0 Å². The summed E-state index contributed by atoms with van der Waals surface area (Å²) in [6, 6.07) is 9.00. The van der Waals surface area contributed by atoms with Crippen molar-refractivity contribution in [2.45, 2.75) is 71.4 Å². The topological polar surface area (TPSA) is 78.8 Å². The number of aliphatic hydroxyl groups is 1. The molecule has 0 bridgehead atoms. The van der Waals surface area contributed by atoms with Crippen molar-refractivity contribution in [3.8, 4) is 17.3 Å². The molecule has 2 N–H and O–H groups in total. The molecule has 2 aromatic heterocycles. The van der Waals surface area contributed by atoms with Crippen molar-refractivity contribution in [2.75, 3.05) is 0 Å². The molecule has 1 aromatic carbocycles. The molecule has 1 fully saturated rings. The molecule has 2 aliphatic rings. The van der Waals surface area contributed by atoms with Gasteiger partial charge in [-0.3, -0.25) is 0 Å². The minimum atomic E-state index is -0.0394. The molecule has 0 radical (unpaired) electrons. The molecule has 6 nitrogen and oxygen atoms in total. The second-order valence-corrected chi connectivity index (χ2v) is 10.1. The number of hydrogen-bond acceptors (Lipinski definition) is 4. The summed E-state index contributed by atoms with van der Waals surface area (Å²) >= 11 is 0. The molecule has 0 spiro atoms. The Bertz CT molecular complexity index is 1360. The van der Waals surface area contributed by atoms with Crippen LogP contribution >= 0.6 is 0 Å². The maximum absolute atomic E-state index is 10.2. The number of nitrogens with zero attached hydrogens (tertiary/aromatic N) is 4. The number of aryl methyl sites for hydroxylation is 1. The van der Waals surface area contributed by atoms with Crippen molar-refractivity contribution in [2.24, 2.45) is 13.0 Å². The van der Waals surface area contributed by atoms with Gasteiger partial charge in [-0.15, -0.1) is 0 Å². The van der Waals surface area contributed by atoms with Gasteiger partial charge in [0, 0.05) is 30.2 Å². The largest absolute Gasteiger partial charge is 0.495 e. The molecule has 6 heteroatoms. The van der Waals surface area contributed by atoms with Gasteiger partial charge in [-0.05, 0) is 43.4 Å². The van der Waals surface area contributed by atoms with E-state index in [2.05, 4.69) is 60.4 Å². The standard InChI is InChI=1S/C26H29N5O.C5H10/c1-5-21(6-2)31-25-13-19(24-15-30(4)16-28-24)9-12-22(25)23(14-27)26(31)18-7-10-20(11-8-18)29-17(3)32;1-2-5-3-4-5/h7-10,12-13,15-16,20-21,29,32H,3,5-6,11H2,1-2,4H3;5H,2-4H2,1H3. The fourth-order valence-corrected chi connectivity index (χ4v) is 5.10. The predicted molar refractivity (Wildman–Crippen MR) is 152 cm³/mol. The Morgan fingerprint density at radius 2 is 2.03 bits per heavy atom. The highest BCUT2D eigenvalue weighted by Crippen LogP contribution is 2.38. The van der Waals surface area contributed by atoms with E-state index in [1.165, 1.54) is 19.3 Å². The molecule has 2 heterocycles. The average molecular weight is 498 g/mol. The van der Waals surface area contributed by atoms with Crippen LogP contribution in [-0.2, 0) is 7.05 Å². The first-order valence-corrected chi connectivity index (χ1v) is 13.5. The lowest BCUT2D eigenvalue weighted by Gasteiger charge is -2.23. The van der Waals surface area contributed by atoms with E-state index in [-0.39, 0.29) is 18.0 Å². The quantitative estimate of drug-likeness (QED) is 0.318. The third-order valence-electron chi connectivity index (χ3n) is 7.42. The number of imidazole rings is 1. The Morgan fingerprint density at radius 3 is 2.51 bits per heavy atom. The van der Waals surface area contributed by atoms with Crippen molar-refractivity contribution in [3.63, 3.8) is 0 Å². The normalized spacial score (nSPS) is 16.8. The van der Waals surface area contributed by atoms with Crippen LogP contribution in [0.2, 0.25) is 0 Å². The van der Waals surface area contributed by atoms with E-state index in [0.717, 1.165) is 52.2 Å². The van der Waals surface area contributed by atoms with Crippen LogP contribution in [0.25, 0.3) is 27.7 Å². The summed E-state index contributed by atoms with van der Waals surface area (Å²) in [5.74, 6) is 1.09. The average Bonchev–Trinajstić information content (AvgIpc) is 3.57. The highest BCUT2D eigenvalue weighted by atomic mass is 16.3. The summed E-state index contributed by atoms with van der Waals surface area (Å²) in [7, 11) is 1.96. The van der Waals surface area contributed by atoms with Gasteiger partial charge in [-0.2, -0.15) is 5.26 Å². The molecular weight excluding hydrogens is 458 g/mol. The molecule has 1 atom stereocenters. The zero-order chi connectivity index (χ0) is 26.5. The number of aliphatic hydroxyl groups excluding tert-OH is 1. The Labute approximate surface area is 220 Å². The number of nitrogens with one attached hydrogen (secondary N) is 1. The van der Waals surface area contributed by atoms with Crippen LogP contribution in [0.4, 0.5) is 0 Å². The minimum absolute atomic E-state index is 0.0106. The minimum Gasteiger partial charge on any atom is -0.495 e. The zero-order valence-electron chi connectivity index (χ0n) is 22.5. The molecule has 0 amide bonds. The summed E-state index contributed by atoms with van der Waals surface area (Å²) in [6.45, 7) is 10.2. The van der Waals surface area contributed by atoms with Gasteiger partial charge in [0.2, 0.25) is 0 Å². The van der Waals surface area contributed by atoms with Crippen molar-refractivity contribution in [1.82, 2.24) is 19.4 Å². The maximum Gasteiger partial charge on any atom is 0.177 e. The van der Waals surface area contributed by atoms with Crippen LogP contribution in [0, 0.1) is 17.2 Å². The number of aromatic nitrogens is 3. The lowest BCUT2D eigenvalue weighted by atomic mass is 9.97. The number of nitriles is 1. The number of benzene rings is 1. The molecule has 1 unspecified atom stereocenters. The monoisotopic (exact) mass is 497 g/mol. The highest BCUT2D eigenvalue weighted by molar-refractivity contribution is 5.96. The Balaban J connectivity index is 0.000000572. The van der Waals surface area contributed by atoms with Crippen LogP contribution < -0.4 is 5.32 Å². The molecule has 194 valence electrons. The van der Waals surface area contributed by atoms with Crippen molar-refractivity contribution < 1.29 is 5.11 Å². The molecular formula is C31H39N5O. The summed E-state index contributed by atoms with van der Waals surface area (Å²) < 4.78 is 4.28. The molecule has 0 saturated heterocycles. The maximum atomic E-state index is 10.2. The summed E-state index contributed by atoms with van der Waals surface area (Å²) in [5, 5.41) is 23.5. The van der Waals surface area contributed by atoms with Gasteiger partial charge in [-0.25, -0.2) is 4.98 Å². The molecule has 0 aliphatic heterocycles. The van der Waals surface area contributed by atoms with Crippen LogP contribution in [0.3, 0.4) is 0 Å². The Kier molecular flexibility index (Phi) is 8.23. The fraction of sp³-hybridized carbons (Fsp3) is 0.419. The third kappa shape index (κ3) is 5.83. The number of hydrogen-bond donors (Lipinski definition) is 2. The predicted octanol–water partition coefficient (Wildman–Crippen LogP) is 7.41. The Morgan fingerprint density at radius 1 is 1.27 bits per heavy atom. The number of fused-ring (bicyclic) bond motifs is 1. The number of allylic oxidation sites excluding steroid dienone is 2.